The summed E-state index contributed by atoms with van der Waals surface area (Å²) < 4.78 is 1.94. The van der Waals surface area contributed by atoms with Crippen LogP contribution in [0.5, 0.6) is 0 Å². The molecule has 1 aromatic heterocycles. The van der Waals surface area contributed by atoms with E-state index in [0.717, 1.165) is 19.4 Å². The monoisotopic (exact) mass is 223 g/mol. The van der Waals surface area contributed by atoms with E-state index in [4.69, 9.17) is 0 Å². The molecule has 4 heteroatoms. The molecule has 1 unspecified atom stereocenters. The molecule has 1 heterocycles. The molecule has 4 nitrogen and oxygen atoms in total. The molecule has 0 saturated heterocycles. The number of aromatic nitrogens is 2. The van der Waals surface area contributed by atoms with Crippen molar-refractivity contribution in [1.29, 1.82) is 0 Å². The van der Waals surface area contributed by atoms with Gasteiger partial charge in [0.1, 0.15) is 0 Å². The van der Waals surface area contributed by atoms with E-state index >= 15 is 0 Å². The van der Waals surface area contributed by atoms with Crippen molar-refractivity contribution in [3.63, 3.8) is 0 Å². The minimum atomic E-state index is -0.117. The topological polar surface area (TPSA) is 50.1 Å². The second-order valence-corrected chi connectivity index (χ2v) is 5.01. The molecule has 2 N–H and O–H groups in total. The molecule has 0 bridgehead atoms. The van der Waals surface area contributed by atoms with Crippen LogP contribution in [0.3, 0.4) is 0 Å². The lowest BCUT2D eigenvalue weighted by Gasteiger charge is -2.29. The van der Waals surface area contributed by atoms with Crippen molar-refractivity contribution in [3.05, 3.63) is 18.5 Å². The van der Waals surface area contributed by atoms with Crippen LogP contribution in [0.25, 0.3) is 0 Å². The maximum absolute atomic E-state index is 9.43. The first-order chi connectivity index (χ1) is 7.72. The summed E-state index contributed by atoms with van der Waals surface area (Å²) >= 11 is 0. The van der Waals surface area contributed by atoms with E-state index in [1.54, 1.807) is 6.20 Å². The van der Waals surface area contributed by atoms with Crippen molar-refractivity contribution >= 4 is 0 Å². The number of hydrogen-bond acceptors (Lipinski definition) is 3. The van der Waals surface area contributed by atoms with E-state index in [1.807, 2.05) is 16.9 Å². The largest absolute Gasteiger partial charge is 0.394 e. The smallest absolute Gasteiger partial charge is 0.0610 e. The zero-order chi connectivity index (χ0) is 11.4. The van der Waals surface area contributed by atoms with E-state index in [0.29, 0.717) is 6.04 Å². The molecule has 1 atom stereocenters. The highest BCUT2D eigenvalue weighted by molar-refractivity contribution is 4.92. The number of hydrogen-bond donors (Lipinski definition) is 2. The molecular formula is C12H21N3O. The van der Waals surface area contributed by atoms with Crippen LogP contribution in [0.2, 0.25) is 0 Å². The van der Waals surface area contributed by atoms with Crippen LogP contribution in [0.4, 0.5) is 0 Å². The molecule has 2 rings (SSSR count). The van der Waals surface area contributed by atoms with Crippen molar-refractivity contribution in [2.75, 3.05) is 6.61 Å². The van der Waals surface area contributed by atoms with E-state index in [-0.39, 0.29) is 12.1 Å². The number of rotatable bonds is 7. The van der Waals surface area contributed by atoms with Gasteiger partial charge in [0.05, 0.1) is 6.61 Å². The third kappa shape index (κ3) is 3.32. The zero-order valence-corrected chi connectivity index (χ0v) is 9.89. The molecule has 1 aliphatic rings. The molecule has 0 aliphatic heterocycles. The first-order valence-electron chi connectivity index (χ1n) is 6.08. The van der Waals surface area contributed by atoms with Crippen molar-refractivity contribution in [2.24, 2.45) is 0 Å². The fraction of sp³-hybridized carbons (Fsp3) is 0.750. The Kier molecular flexibility index (Phi) is 3.61. The second-order valence-electron chi connectivity index (χ2n) is 5.01. The van der Waals surface area contributed by atoms with Crippen molar-refractivity contribution < 1.29 is 5.11 Å². The third-order valence-corrected chi connectivity index (χ3v) is 3.15. The summed E-state index contributed by atoms with van der Waals surface area (Å²) in [6, 6.07) is 2.58. The number of nitrogens with zero attached hydrogens (tertiary/aromatic N) is 2. The summed E-state index contributed by atoms with van der Waals surface area (Å²) in [5.74, 6) is 0. The van der Waals surface area contributed by atoms with E-state index in [2.05, 4.69) is 17.3 Å². The summed E-state index contributed by atoms with van der Waals surface area (Å²) in [6.45, 7) is 3.24. The maximum atomic E-state index is 9.43. The van der Waals surface area contributed by atoms with Crippen LogP contribution >= 0.6 is 0 Å². The highest BCUT2D eigenvalue weighted by Gasteiger charge is 2.31. The SMILES string of the molecule is CC(CO)(CCCn1cccn1)NC1CC1. The van der Waals surface area contributed by atoms with Gasteiger partial charge in [-0.05, 0) is 38.7 Å². The minimum absolute atomic E-state index is 0.117. The Morgan fingerprint density at radius 2 is 2.38 bits per heavy atom. The normalized spacial score (nSPS) is 19.6. The Morgan fingerprint density at radius 3 is 2.94 bits per heavy atom. The first-order valence-corrected chi connectivity index (χ1v) is 6.08. The molecule has 90 valence electrons. The van der Waals surface area contributed by atoms with Crippen molar-refractivity contribution in [1.82, 2.24) is 15.1 Å². The molecule has 1 aromatic rings. The minimum Gasteiger partial charge on any atom is -0.394 e. The first kappa shape index (κ1) is 11.6. The van der Waals surface area contributed by atoms with Crippen LogP contribution in [-0.2, 0) is 6.54 Å². The van der Waals surface area contributed by atoms with Crippen LogP contribution < -0.4 is 5.32 Å². The fourth-order valence-electron chi connectivity index (χ4n) is 1.98. The number of aliphatic hydroxyl groups excluding tert-OH is 1. The van der Waals surface area contributed by atoms with Crippen LogP contribution in [0, 0.1) is 0 Å². The van der Waals surface area contributed by atoms with E-state index in [1.165, 1.54) is 12.8 Å². The molecule has 1 fully saturated rings. The van der Waals surface area contributed by atoms with Crippen molar-refractivity contribution in [2.45, 2.75) is 50.7 Å². The van der Waals surface area contributed by atoms with Gasteiger partial charge in [0, 0.05) is 30.5 Å². The van der Waals surface area contributed by atoms with Gasteiger partial charge in [-0.2, -0.15) is 5.10 Å². The standard InChI is InChI=1S/C12H21N3O/c1-12(10-16,14-11-4-5-11)6-2-8-15-9-3-7-13-15/h3,7,9,11,14,16H,2,4-6,8,10H2,1H3. The molecule has 0 radical (unpaired) electrons. The Bertz CT molecular complexity index is 308. The lowest BCUT2D eigenvalue weighted by molar-refractivity contribution is 0.160. The Morgan fingerprint density at radius 1 is 1.56 bits per heavy atom. The summed E-state index contributed by atoms with van der Waals surface area (Å²) in [5.41, 5.74) is -0.117. The predicted octanol–water partition coefficient (Wildman–Crippen LogP) is 1.17. The third-order valence-electron chi connectivity index (χ3n) is 3.15. The quantitative estimate of drug-likeness (QED) is 0.729. The van der Waals surface area contributed by atoms with E-state index in [9.17, 15) is 5.11 Å². The zero-order valence-electron chi connectivity index (χ0n) is 9.89. The van der Waals surface area contributed by atoms with E-state index < -0.39 is 0 Å². The predicted molar refractivity (Wildman–Crippen MR) is 63.1 cm³/mol. The van der Waals surface area contributed by atoms with Gasteiger partial charge in [0.15, 0.2) is 0 Å². The van der Waals surface area contributed by atoms with Gasteiger partial charge in [-0.1, -0.05) is 0 Å². The summed E-state index contributed by atoms with van der Waals surface area (Å²) in [5, 5.41) is 17.1. The van der Waals surface area contributed by atoms with Gasteiger partial charge >= 0.3 is 0 Å². The summed E-state index contributed by atoms with van der Waals surface area (Å²) in [6.07, 6.45) is 8.32. The second kappa shape index (κ2) is 4.97. The average Bonchev–Trinajstić information content (AvgIpc) is 2.92. The Labute approximate surface area is 96.7 Å². The lowest BCUT2D eigenvalue weighted by Crippen LogP contribution is -2.47. The molecule has 1 saturated carbocycles. The van der Waals surface area contributed by atoms with Crippen molar-refractivity contribution in [3.8, 4) is 0 Å². The molecule has 0 aromatic carbocycles. The van der Waals surface area contributed by atoms with Crippen LogP contribution in [0.15, 0.2) is 18.5 Å². The Hall–Kier alpha value is -0.870. The number of aryl methyl sites for hydroxylation is 1. The Balaban J connectivity index is 1.73. The van der Waals surface area contributed by atoms with Gasteiger partial charge in [0.2, 0.25) is 0 Å². The summed E-state index contributed by atoms with van der Waals surface area (Å²) in [4.78, 5) is 0. The average molecular weight is 223 g/mol. The molecular weight excluding hydrogens is 202 g/mol. The molecule has 1 aliphatic carbocycles. The molecule has 0 amide bonds. The van der Waals surface area contributed by atoms with Gasteiger partial charge in [-0.3, -0.25) is 4.68 Å². The number of nitrogens with one attached hydrogen (secondary N) is 1. The lowest BCUT2D eigenvalue weighted by atomic mass is 9.96. The maximum Gasteiger partial charge on any atom is 0.0610 e. The number of aliphatic hydroxyl groups is 1. The van der Waals surface area contributed by atoms with Gasteiger partial charge < -0.3 is 10.4 Å². The molecule has 0 spiro atoms. The van der Waals surface area contributed by atoms with Gasteiger partial charge in [-0.25, -0.2) is 0 Å². The van der Waals surface area contributed by atoms with Gasteiger partial charge in [0.25, 0.3) is 0 Å². The van der Waals surface area contributed by atoms with Crippen LogP contribution in [-0.4, -0.2) is 33.1 Å². The highest BCUT2D eigenvalue weighted by Crippen LogP contribution is 2.24. The fourth-order valence-corrected chi connectivity index (χ4v) is 1.98. The van der Waals surface area contributed by atoms with Gasteiger partial charge in [-0.15, -0.1) is 0 Å². The molecule has 16 heavy (non-hydrogen) atoms. The summed E-state index contributed by atoms with van der Waals surface area (Å²) in [7, 11) is 0. The highest BCUT2D eigenvalue weighted by atomic mass is 16.3. The van der Waals surface area contributed by atoms with Crippen LogP contribution in [0.1, 0.15) is 32.6 Å².